The van der Waals surface area contributed by atoms with E-state index in [1.54, 1.807) is 42.6 Å². The number of aromatic nitrogens is 3. The first-order valence-corrected chi connectivity index (χ1v) is 13.9. The highest BCUT2D eigenvalue weighted by Crippen LogP contribution is 2.45. The van der Waals surface area contributed by atoms with Crippen LogP contribution in [0.25, 0.3) is 22.2 Å². The molecule has 5 aromatic rings. The molecule has 2 aromatic heterocycles. The second-order valence-corrected chi connectivity index (χ2v) is 10.7. The molecule has 1 fully saturated rings. The number of benzene rings is 3. The van der Waals surface area contributed by atoms with Gasteiger partial charge in [-0.15, -0.1) is 0 Å². The number of hydrogen-bond donors (Lipinski definition) is 3. The summed E-state index contributed by atoms with van der Waals surface area (Å²) in [4.78, 5) is 25.7. The predicted octanol–water partition coefficient (Wildman–Crippen LogP) is 5.03. The van der Waals surface area contributed by atoms with Crippen LogP contribution >= 0.6 is 11.6 Å². The highest BCUT2D eigenvalue weighted by Gasteiger charge is 2.48. The molecule has 1 saturated carbocycles. The lowest BCUT2D eigenvalue weighted by molar-refractivity contribution is -0.0391. The third kappa shape index (κ3) is 5.30. The average Bonchev–Trinajstić information content (AvgIpc) is 3.58. The summed E-state index contributed by atoms with van der Waals surface area (Å²) < 4.78 is 7.95. The lowest BCUT2D eigenvalue weighted by Crippen LogP contribution is -2.32. The molecule has 0 amide bonds. The van der Waals surface area contributed by atoms with E-state index in [1.165, 1.54) is 13.4 Å². The van der Waals surface area contributed by atoms with Crippen molar-refractivity contribution >= 4 is 28.6 Å². The number of aromatic amines is 1. The van der Waals surface area contributed by atoms with E-state index in [2.05, 4.69) is 15.1 Å². The van der Waals surface area contributed by atoms with Crippen molar-refractivity contribution in [3.63, 3.8) is 0 Å². The Hall–Kier alpha value is -4.44. The van der Waals surface area contributed by atoms with Crippen molar-refractivity contribution in [2.45, 2.75) is 30.8 Å². The minimum atomic E-state index is -1.17. The lowest BCUT2D eigenvalue weighted by atomic mass is 9.92. The monoisotopic (exact) mass is 584 g/mol. The highest BCUT2D eigenvalue weighted by atomic mass is 35.5. The van der Waals surface area contributed by atoms with E-state index in [-0.39, 0.29) is 0 Å². The third-order valence-electron chi connectivity index (χ3n) is 7.82. The van der Waals surface area contributed by atoms with Crippen LogP contribution in [-0.2, 0) is 9.57 Å². The van der Waals surface area contributed by atoms with Crippen molar-refractivity contribution in [1.82, 2.24) is 14.5 Å². The predicted molar refractivity (Wildman–Crippen MR) is 157 cm³/mol. The van der Waals surface area contributed by atoms with Gasteiger partial charge in [0.05, 0.1) is 29.4 Å². The Morgan fingerprint density at radius 1 is 1.00 bits per heavy atom. The molecule has 214 valence electrons. The molecular weight excluding hydrogens is 556 g/mol. The lowest BCUT2D eigenvalue weighted by Gasteiger charge is -2.27. The number of rotatable bonds is 7. The standard InChI is InChI=1S/C32H29ClN4O5/c1-41-36-30-24-15-16-37(31(24)35-18-34-30)26-17-25(27(38)28(26)39)29(21-11-13-23(33)14-12-21)42-32(40)22-9-7-20(8-10-22)19-5-3-2-4-6-19/h2-16,18,25-29,38-39H,17H2,1H3,(H,34,35,36)/t25-,26+,27+,28-,29+/m0/s1. The molecule has 3 aromatic carbocycles. The number of esters is 1. The fourth-order valence-corrected chi connectivity index (χ4v) is 5.85. The van der Waals surface area contributed by atoms with Gasteiger partial charge in [-0.2, -0.15) is 0 Å². The Kier molecular flexibility index (Phi) is 7.80. The molecule has 0 unspecified atom stereocenters. The first-order valence-electron chi connectivity index (χ1n) is 13.5. The highest BCUT2D eigenvalue weighted by molar-refractivity contribution is 6.30. The summed E-state index contributed by atoms with van der Waals surface area (Å²) in [5.74, 6) is -1.14. The molecule has 5 atom stereocenters. The number of nitrogens with one attached hydrogen (secondary N) is 1. The van der Waals surface area contributed by atoms with Gasteiger partial charge in [-0.05, 0) is 53.4 Å². The van der Waals surface area contributed by atoms with Crippen LogP contribution in [0.15, 0.2) is 103 Å². The molecule has 10 heteroatoms. The topological polar surface area (TPSA) is 122 Å². The molecule has 0 aliphatic heterocycles. The summed E-state index contributed by atoms with van der Waals surface area (Å²) in [5.41, 5.74) is 4.12. The molecule has 9 nitrogen and oxygen atoms in total. The van der Waals surface area contributed by atoms with Crippen LogP contribution in [0.1, 0.15) is 34.5 Å². The quantitative estimate of drug-likeness (QED) is 0.182. The Morgan fingerprint density at radius 3 is 2.43 bits per heavy atom. The zero-order valence-electron chi connectivity index (χ0n) is 22.7. The zero-order chi connectivity index (χ0) is 29.2. The summed E-state index contributed by atoms with van der Waals surface area (Å²) in [7, 11) is 1.44. The van der Waals surface area contributed by atoms with E-state index < -0.39 is 36.2 Å². The van der Waals surface area contributed by atoms with Gasteiger partial charge in [0.25, 0.3) is 0 Å². The molecule has 1 aliphatic carbocycles. The van der Waals surface area contributed by atoms with Crippen LogP contribution in [-0.4, -0.2) is 50.0 Å². The first kappa shape index (κ1) is 27.7. The average molecular weight is 585 g/mol. The van der Waals surface area contributed by atoms with Crippen molar-refractivity contribution in [3.8, 4) is 11.1 Å². The summed E-state index contributed by atoms with van der Waals surface area (Å²) in [6, 6.07) is 25.4. The Bertz CT molecular complexity index is 1750. The Morgan fingerprint density at radius 2 is 1.71 bits per heavy atom. The van der Waals surface area contributed by atoms with E-state index in [0.29, 0.717) is 39.1 Å². The van der Waals surface area contributed by atoms with E-state index in [9.17, 15) is 15.0 Å². The second-order valence-electron chi connectivity index (χ2n) is 10.3. The summed E-state index contributed by atoms with van der Waals surface area (Å²) in [6.45, 7) is 0. The van der Waals surface area contributed by atoms with Crippen LogP contribution in [0.5, 0.6) is 0 Å². The molecule has 3 N–H and O–H groups in total. The summed E-state index contributed by atoms with van der Waals surface area (Å²) in [5, 5.41) is 27.8. The number of hydrogen-bond acceptors (Lipinski definition) is 7. The summed E-state index contributed by atoms with van der Waals surface area (Å²) in [6.07, 6.45) is 0.475. The molecule has 6 rings (SSSR count). The van der Waals surface area contributed by atoms with Gasteiger partial charge in [0.2, 0.25) is 5.49 Å². The minimum absolute atomic E-state index is 0.326. The van der Waals surface area contributed by atoms with Crippen molar-refractivity contribution in [1.29, 1.82) is 0 Å². The van der Waals surface area contributed by atoms with Crippen LogP contribution in [0, 0.1) is 5.92 Å². The number of H-pyrrole nitrogens is 1. The van der Waals surface area contributed by atoms with Crippen molar-refractivity contribution in [2.24, 2.45) is 11.1 Å². The molecule has 1 aliphatic rings. The SMILES string of the molecule is CO/N=c1\nc[nH]c2c1ccn2[C@@H]1C[C@H]([C@H](OC(=O)c2ccc(-c3ccccc3)cc2)c2ccc(Cl)cc2)[C@@H](O)[C@H]1O. The van der Waals surface area contributed by atoms with Gasteiger partial charge in [0.1, 0.15) is 25.0 Å². The van der Waals surface area contributed by atoms with Crippen LogP contribution in [0.3, 0.4) is 0 Å². The number of fused-ring (bicyclic) bond motifs is 1. The van der Waals surface area contributed by atoms with Gasteiger partial charge in [0, 0.05) is 17.1 Å². The molecule has 0 saturated heterocycles. The molecule has 42 heavy (non-hydrogen) atoms. The number of carbonyl (C=O) groups is 1. The second kappa shape index (κ2) is 11.8. The maximum absolute atomic E-state index is 13.4. The molecular formula is C32H29ClN4O5. The maximum Gasteiger partial charge on any atom is 0.338 e. The van der Waals surface area contributed by atoms with Crippen LogP contribution in [0.4, 0.5) is 0 Å². The fraction of sp³-hybridized carbons (Fsp3) is 0.219. The number of aliphatic hydroxyl groups is 2. The van der Waals surface area contributed by atoms with Gasteiger partial charge in [-0.3, -0.25) is 0 Å². The smallest absolute Gasteiger partial charge is 0.338 e. The largest absolute Gasteiger partial charge is 0.453 e. The number of nitrogens with zero attached hydrogens (tertiary/aromatic N) is 3. The number of halogens is 1. The normalized spacial score (nSPS) is 21.4. The van der Waals surface area contributed by atoms with Gasteiger partial charge >= 0.3 is 5.97 Å². The maximum atomic E-state index is 13.4. The fourth-order valence-electron chi connectivity index (χ4n) is 5.73. The van der Waals surface area contributed by atoms with E-state index in [4.69, 9.17) is 21.2 Å². The Balaban J connectivity index is 1.30. The minimum Gasteiger partial charge on any atom is -0.453 e. The first-order chi connectivity index (χ1) is 20.4. The molecule has 2 heterocycles. The molecule has 0 bridgehead atoms. The van der Waals surface area contributed by atoms with Crippen molar-refractivity contribution < 1.29 is 24.6 Å². The van der Waals surface area contributed by atoms with E-state index in [0.717, 1.165) is 11.1 Å². The van der Waals surface area contributed by atoms with Crippen molar-refractivity contribution in [3.05, 3.63) is 119 Å². The van der Waals surface area contributed by atoms with E-state index in [1.807, 2.05) is 53.1 Å². The number of carbonyl (C=O) groups excluding carboxylic acids is 1. The van der Waals surface area contributed by atoms with Crippen LogP contribution in [0.2, 0.25) is 5.02 Å². The van der Waals surface area contributed by atoms with E-state index >= 15 is 0 Å². The third-order valence-corrected chi connectivity index (χ3v) is 8.08. The van der Waals surface area contributed by atoms with Gasteiger partial charge < -0.3 is 29.3 Å². The van der Waals surface area contributed by atoms with Crippen LogP contribution < -0.4 is 5.49 Å². The van der Waals surface area contributed by atoms with Gasteiger partial charge in [-0.25, -0.2) is 9.78 Å². The number of ether oxygens (including phenoxy) is 1. The number of aliphatic hydroxyl groups excluding tert-OH is 2. The van der Waals surface area contributed by atoms with Gasteiger partial charge in [-0.1, -0.05) is 71.4 Å². The Labute approximate surface area is 246 Å². The zero-order valence-corrected chi connectivity index (χ0v) is 23.4. The molecule has 0 spiro atoms. The van der Waals surface area contributed by atoms with Crippen molar-refractivity contribution in [2.75, 3.05) is 7.11 Å². The molecule has 0 radical (unpaired) electrons. The van der Waals surface area contributed by atoms with Gasteiger partial charge in [0.15, 0.2) is 0 Å². The summed E-state index contributed by atoms with van der Waals surface area (Å²) >= 11 is 6.15.